The number of hydrogen-bond donors (Lipinski definition) is 2. The summed E-state index contributed by atoms with van der Waals surface area (Å²) >= 11 is 0. The zero-order chi connectivity index (χ0) is 13.5. The molecule has 0 aliphatic heterocycles. The van der Waals surface area contributed by atoms with E-state index in [1.54, 1.807) is 24.3 Å². The monoisotopic (exact) mass is 268 g/mol. The highest BCUT2D eigenvalue weighted by molar-refractivity contribution is 7.86. The van der Waals surface area contributed by atoms with Crippen molar-refractivity contribution in [3.05, 3.63) is 24.3 Å². The van der Waals surface area contributed by atoms with Crippen molar-refractivity contribution in [1.82, 2.24) is 5.32 Å². The van der Waals surface area contributed by atoms with Gasteiger partial charge in [0.2, 0.25) is 5.91 Å². The Morgan fingerprint density at radius 3 is 2.50 bits per heavy atom. The van der Waals surface area contributed by atoms with Crippen LogP contribution in [0.2, 0.25) is 0 Å². The van der Waals surface area contributed by atoms with Crippen LogP contribution >= 0.6 is 0 Å². The standard InChI is InChI=1S/C13H20N2O2S/c1-3-10(4-2)15-13(16)9-18(17)12-8-6-5-7-11(12)14/h5-8,10H,3-4,9,14H2,1-2H3,(H,15,16). The van der Waals surface area contributed by atoms with Crippen LogP contribution in [0.1, 0.15) is 26.7 Å². The summed E-state index contributed by atoms with van der Waals surface area (Å²) in [5, 5.41) is 2.86. The first-order valence-corrected chi connectivity index (χ1v) is 7.42. The van der Waals surface area contributed by atoms with Gasteiger partial charge in [-0.15, -0.1) is 0 Å². The quantitative estimate of drug-likeness (QED) is 0.771. The zero-order valence-electron chi connectivity index (χ0n) is 10.8. The number of benzene rings is 1. The lowest BCUT2D eigenvalue weighted by molar-refractivity contribution is -0.119. The highest BCUT2D eigenvalue weighted by Crippen LogP contribution is 2.15. The van der Waals surface area contributed by atoms with E-state index in [-0.39, 0.29) is 17.7 Å². The number of anilines is 1. The number of nitrogens with one attached hydrogen (secondary N) is 1. The molecule has 0 aliphatic carbocycles. The Hall–Kier alpha value is -1.36. The lowest BCUT2D eigenvalue weighted by atomic mass is 10.2. The molecule has 0 spiro atoms. The molecule has 18 heavy (non-hydrogen) atoms. The van der Waals surface area contributed by atoms with Crippen LogP contribution < -0.4 is 11.1 Å². The van der Waals surface area contributed by atoms with Crippen LogP contribution in [-0.2, 0) is 15.6 Å². The third-order valence-electron chi connectivity index (χ3n) is 2.78. The number of amides is 1. The molecule has 5 heteroatoms. The molecule has 1 unspecified atom stereocenters. The summed E-state index contributed by atoms with van der Waals surface area (Å²) in [6.45, 7) is 4.03. The molecule has 4 nitrogen and oxygen atoms in total. The molecule has 0 saturated heterocycles. The van der Waals surface area contributed by atoms with Crippen molar-refractivity contribution in [3.63, 3.8) is 0 Å². The van der Waals surface area contributed by atoms with E-state index < -0.39 is 10.8 Å². The van der Waals surface area contributed by atoms with E-state index in [4.69, 9.17) is 5.73 Å². The maximum atomic E-state index is 12.0. The van der Waals surface area contributed by atoms with Gasteiger partial charge in [-0.1, -0.05) is 26.0 Å². The average molecular weight is 268 g/mol. The van der Waals surface area contributed by atoms with E-state index in [1.807, 2.05) is 13.8 Å². The largest absolute Gasteiger partial charge is 0.398 e. The summed E-state index contributed by atoms with van der Waals surface area (Å²) in [6.07, 6.45) is 1.75. The molecule has 0 saturated carbocycles. The van der Waals surface area contributed by atoms with Gasteiger partial charge in [0, 0.05) is 11.7 Å². The zero-order valence-corrected chi connectivity index (χ0v) is 11.6. The van der Waals surface area contributed by atoms with Gasteiger partial charge in [-0.3, -0.25) is 9.00 Å². The molecular weight excluding hydrogens is 248 g/mol. The Kier molecular flexibility index (Phi) is 5.85. The summed E-state index contributed by atoms with van der Waals surface area (Å²) in [6, 6.07) is 7.08. The molecule has 1 rings (SSSR count). The number of carbonyl (C=O) groups excluding carboxylic acids is 1. The normalized spacial score (nSPS) is 12.4. The van der Waals surface area contributed by atoms with Crippen LogP contribution in [0, 0.1) is 0 Å². The Morgan fingerprint density at radius 2 is 1.94 bits per heavy atom. The van der Waals surface area contributed by atoms with Gasteiger partial charge in [-0.25, -0.2) is 0 Å². The smallest absolute Gasteiger partial charge is 0.233 e. The topological polar surface area (TPSA) is 72.2 Å². The van der Waals surface area contributed by atoms with Gasteiger partial charge in [0.15, 0.2) is 0 Å². The van der Waals surface area contributed by atoms with Gasteiger partial charge in [0.05, 0.1) is 15.7 Å². The Morgan fingerprint density at radius 1 is 1.33 bits per heavy atom. The summed E-state index contributed by atoms with van der Waals surface area (Å²) in [7, 11) is -1.38. The van der Waals surface area contributed by atoms with Crippen molar-refractivity contribution in [3.8, 4) is 0 Å². The van der Waals surface area contributed by atoms with E-state index in [2.05, 4.69) is 5.32 Å². The van der Waals surface area contributed by atoms with E-state index in [0.29, 0.717) is 10.6 Å². The fourth-order valence-electron chi connectivity index (χ4n) is 1.65. The van der Waals surface area contributed by atoms with E-state index in [1.165, 1.54) is 0 Å². The Bertz CT molecular complexity index is 431. The van der Waals surface area contributed by atoms with Crippen LogP contribution in [0.15, 0.2) is 29.2 Å². The molecule has 0 heterocycles. The van der Waals surface area contributed by atoms with Crippen molar-refractivity contribution < 1.29 is 9.00 Å². The third kappa shape index (κ3) is 4.14. The van der Waals surface area contributed by atoms with Crippen molar-refractivity contribution >= 4 is 22.4 Å². The molecular formula is C13H20N2O2S. The molecule has 100 valence electrons. The summed E-state index contributed by atoms with van der Waals surface area (Å²) < 4.78 is 12.0. The number of carbonyl (C=O) groups is 1. The van der Waals surface area contributed by atoms with Gasteiger partial charge in [0.1, 0.15) is 5.75 Å². The fraction of sp³-hybridized carbons (Fsp3) is 0.462. The molecule has 0 fully saturated rings. The molecule has 0 aromatic heterocycles. The first kappa shape index (κ1) is 14.7. The number of rotatable bonds is 6. The number of nitrogen functional groups attached to an aromatic ring is 1. The third-order valence-corrected chi connectivity index (χ3v) is 4.16. The Balaban J connectivity index is 2.60. The molecule has 0 aliphatic rings. The minimum absolute atomic E-state index is 0.0370. The van der Waals surface area contributed by atoms with Crippen molar-refractivity contribution in [2.24, 2.45) is 0 Å². The fourth-order valence-corrected chi connectivity index (χ4v) is 2.69. The number of hydrogen-bond acceptors (Lipinski definition) is 3. The SMILES string of the molecule is CCC(CC)NC(=O)CS(=O)c1ccccc1N. The highest BCUT2D eigenvalue weighted by Gasteiger charge is 2.14. The van der Waals surface area contributed by atoms with Crippen LogP contribution in [0.4, 0.5) is 5.69 Å². The van der Waals surface area contributed by atoms with Crippen molar-refractivity contribution in [2.45, 2.75) is 37.6 Å². The van der Waals surface area contributed by atoms with Crippen LogP contribution in [0.25, 0.3) is 0 Å². The minimum atomic E-state index is -1.38. The maximum Gasteiger partial charge on any atom is 0.233 e. The van der Waals surface area contributed by atoms with Crippen molar-refractivity contribution in [2.75, 3.05) is 11.5 Å². The number of para-hydroxylation sites is 1. The predicted octanol–water partition coefficient (Wildman–Crippen LogP) is 1.68. The Labute approximate surface area is 110 Å². The average Bonchev–Trinajstić information content (AvgIpc) is 2.36. The number of nitrogens with two attached hydrogens (primary N) is 1. The van der Waals surface area contributed by atoms with Gasteiger partial charge < -0.3 is 11.1 Å². The van der Waals surface area contributed by atoms with E-state index in [9.17, 15) is 9.00 Å². The second-order valence-electron chi connectivity index (χ2n) is 4.11. The predicted molar refractivity (Wildman–Crippen MR) is 74.6 cm³/mol. The van der Waals surface area contributed by atoms with Gasteiger partial charge in [-0.2, -0.15) is 0 Å². The maximum absolute atomic E-state index is 12.0. The van der Waals surface area contributed by atoms with E-state index >= 15 is 0 Å². The molecule has 1 aromatic carbocycles. The highest BCUT2D eigenvalue weighted by atomic mass is 32.2. The molecule has 1 atom stereocenters. The summed E-state index contributed by atoms with van der Waals surface area (Å²) in [4.78, 5) is 12.2. The summed E-state index contributed by atoms with van der Waals surface area (Å²) in [5.74, 6) is -0.227. The lowest BCUT2D eigenvalue weighted by Crippen LogP contribution is -2.36. The molecule has 0 radical (unpaired) electrons. The second kappa shape index (κ2) is 7.16. The lowest BCUT2D eigenvalue weighted by Gasteiger charge is -2.14. The van der Waals surface area contributed by atoms with Gasteiger partial charge >= 0.3 is 0 Å². The van der Waals surface area contributed by atoms with Gasteiger partial charge in [-0.05, 0) is 25.0 Å². The van der Waals surface area contributed by atoms with Crippen molar-refractivity contribution in [1.29, 1.82) is 0 Å². The molecule has 1 aromatic rings. The van der Waals surface area contributed by atoms with Crippen LogP contribution in [0.3, 0.4) is 0 Å². The first-order valence-electron chi connectivity index (χ1n) is 6.10. The molecule has 0 bridgehead atoms. The summed E-state index contributed by atoms with van der Waals surface area (Å²) in [5.41, 5.74) is 6.19. The second-order valence-corrected chi connectivity index (χ2v) is 5.53. The minimum Gasteiger partial charge on any atom is -0.398 e. The first-order chi connectivity index (χ1) is 8.58. The van der Waals surface area contributed by atoms with Crippen LogP contribution in [0.5, 0.6) is 0 Å². The molecule has 1 amide bonds. The van der Waals surface area contributed by atoms with E-state index in [0.717, 1.165) is 12.8 Å². The van der Waals surface area contributed by atoms with Gasteiger partial charge in [0.25, 0.3) is 0 Å². The van der Waals surface area contributed by atoms with Crippen LogP contribution in [-0.4, -0.2) is 21.9 Å². The molecule has 3 N–H and O–H groups in total.